The summed E-state index contributed by atoms with van der Waals surface area (Å²) >= 11 is 0. The van der Waals surface area contributed by atoms with E-state index in [9.17, 15) is 9.59 Å². The lowest BCUT2D eigenvalue weighted by atomic mass is 9.92. The quantitative estimate of drug-likeness (QED) is 0.0979. The van der Waals surface area contributed by atoms with Crippen LogP contribution in [-0.2, 0) is 6.54 Å². The van der Waals surface area contributed by atoms with Gasteiger partial charge in [-0.05, 0) is 104 Å². The number of nitrogens with one attached hydrogen (secondary N) is 1. The number of hydrogen-bond donors (Lipinski definition) is 2. The second kappa shape index (κ2) is 18.9. The lowest BCUT2D eigenvalue weighted by Crippen LogP contribution is -2.30. The molecule has 260 valence electrons. The molecule has 6 rings (SSSR count). The van der Waals surface area contributed by atoms with Crippen LogP contribution in [-0.4, -0.2) is 54.2 Å². The molecule has 1 unspecified atom stereocenters. The van der Waals surface area contributed by atoms with E-state index in [4.69, 9.17) is 5.73 Å². The molecule has 6 heteroatoms. The molecule has 2 aliphatic rings. The molecule has 6 nitrogen and oxygen atoms in total. The van der Waals surface area contributed by atoms with E-state index in [0.29, 0.717) is 13.0 Å². The van der Waals surface area contributed by atoms with Gasteiger partial charge in [-0.25, -0.2) is 0 Å². The Morgan fingerprint density at radius 1 is 0.878 bits per heavy atom. The van der Waals surface area contributed by atoms with Crippen molar-refractivity contribution in [3.63, 3.8) is 0 Å². The van der Waals surface area contributed by atoms with Gasteiger partial charge in [0.05, 0.1) is 5.69 Å². The second-order valence-corrected chi connectivity index (χ2v) is 14.1. The molecule has 0 spiro atoms. The molecule has 0 aliphatic heterocycles. The van der Waals surface area contributed by atoms with Crippen molar-refractivity contribution in [1.82, 2.24) is 15.2 Å². The summed E-state index contributed by atoms with van der Waals surface area (Å²) in [7, 11) is 0. The number of carbonyl (C=O) groups is 2. The van der Waals surface area contributed by atoms with Crippen LogP contribution in [0.5, 0.6) is 0 Å². The summed E-state index contributed by atoms with van der Waals surface area (Å²) in [6.45, 7) is 9.85. The predicted molar refractivity (Wildman–Crippen MR) is 203 cm³/mol. The Kier molecular flexibility index (Phi) is 14.1. The molecule has 2 fully saturated rings. The van der Waals surface area contributed by atoms with E-state index in [0.717, 1.165) is 89.6 Å². The molecule has 0 amide bonds. The van der Waals surface area contributed by atoms with Gasteiger partial charge >= 0.3 is 0 Å². The normalized spacial score (nSPS) is 14.8. The van der Waals surface area contributed by atoms with Crippen LogP contribution in [0.25, 0.3) is 22.0 Å². The minimum atomic E-state index is 0.0782. The maximum Gasteiger partial charge on any atom is 0.167 e. The highest BCUT2D eigenvalue weighted by atomic mass is 16.1. The van der Waals surface area contributed by atoms with Gasteiger partial charge in [0.15, 0.2) is 11.6 Å². The van der Waals surface area contributed by atoms with Crippen molar-refractivity contribution in [3.8, 4) is 11.3 Å². The van der Waals surface area contributed by atoms with Gasteiger partial charge < -0.3 is 16.0 Å². The Labute approximate surface area is 293 Å². The molecule has 3 N–H and O–H groups in total. The zero-order valence-corrected chi connectivity index (χ0v) is 29.7. The third kappa shape index (κ3) is 11.4. The first kappa shape index (κ1) is 36.6. The number of carbonyl (C=O) groups excluding carboxylic acids is 2. The first-order valence-corrected chi connectivity index (χ1v) is 18.7. The topological polar surface area (TPSA) is 88.3 Å². The molecule has 1 heterocycles. The highest BCUT2D eigenvalue weighted by Crippen LogP contribution is 2.30. The van der Waals surface area contributed by atoms with Crippen LogP contribution in [0.4, 0.5) is 0 Å². The molecular weight excluding hydrogens is 604 g/mol. The highest BCUT2D eigenvalue weighted by Gasteiger charge is 2.25. The fourth-order valence-corrected chi connectivity index (χ4v) is 6.50. The number of nitrogens with two attached hydrogens (primary N) is 1. The van der Waals surface area contributed by atoms with Crippen molar-refractivity contribution < 1.29 is 9.59 Å². The van der Waals surface area contributed by atoms with Crippen molar-refractivity contribution in [1.29, 1.82) is 0 Å². The van der Waals surface area contributed by atoms with Gasteiger partial charge in [-0.3, -0.25) is 14.6 Å². The Morgan fingerprint density at radius 2 is 1.63 bits per heavy atom. The Balaban J connectivity index is 0.000000191. The monoisotopic (exact) mass is 660 g/mol. The van der Waals surface area contributed by atoms with Crippen molar-refractivity contribution in [2.45, 2.75) is 78.2 Å². The number of ketones is 2. The maximum atomic E-state index is 12.8. The number of pyridine rings is 1. The standard InChI is InChI=1S/C22H30N2O.C21H26N2O/c1-2-3-11-24(16-17-8-9-17)12-10-22(25)19-13-18-6-4-5-7-21(18)20(14-19)15-23;1-2-5-19(15-22-14-16-7-8-16)21(24)18-11-9-17(10-12-18)20-6-3-4-13-23-20/h4-7,13-14,17H,2-3,8-12,15-16,23H2,1H3;3-4,6,9-13,16,19,22H,2,5,7-8,14-15H2,1H3. The Bertz CT molecular complexity index is 1610. The number of unbranched alkanes of at least 4 members (excludes halogenated alkanes) is 1. The smallest absolute Gasteiger partial charge is 0.167 e. The van der Waals surface area contributed by atoms with Crippen LogP contribution < -0.4 is 11.1 Å². The minimum absolute atomic E-state index is 0.0782. The summed E-state index contributed by atoms with van der Waals surface area (Å²) in [5.41, 5.74) is 10.6. The van der Waals surface area contributed by atoms with Gasteiger partial charge in [-0.2, -0.15) is 0 Å². The molecule has 4 aromatic rings. The maximum absolute atomic E-state index is 12.8. The lowest BCUT2D eigenvalue weighted by Gasteiger charge is -2.21. The van der Waals surface area contributed by atoms with E-state index in [-0.39, 0.29) is 17.5 Å². The van der Waals surface area contributed by atoms with E-state index in [1.54, 1.807) is 6.20 Å². The fraction of sp³-hybridized carbons (Fsp3) is 0.465. The minimum Gasteiger partial charge on any atom is -0.326 e. The van der Waals surface area contributed by atoms with Crippen LogP contribution in [0.1, 0.15) is 97.9 Å². The number of hydrogen-bond acceptors (Lipinski definition) is 6. The van der Waals surface area contributed by atoms with Gasteiger partial charge in [0, 0.05) is 61.4 Å². The molecule has 1 atom stereocenters. The van der Waals surface area contributed by atoms with E-state index >= 15 is 0 Å². The van der Waals surface area contributed by atoms with Gasteiger partial charge in [0.1, 0.15) is 0 Å². The van der Waals surface area contributed by atoms with Gasteiger partial charge in [0.2, 0.25) is 0 Å². The largest absolute Gasteiger partial charge is 0.326 e. The van der Waals surface area contributed by atoms with Crippen molar-refractivity contribution in [3.05, 3.63) is 102 Å². The zero-order chi connectivity index (χ0) is 34.4. The Hall–Kier alpha value is -3.71. The second-order valence-electron chi connectivity index (χ2n) is 14.1. The number of rotatable bonds is 19. The molecule has 2 aliphatic carbocycles. The van der Waals surface area contributed by atoms with Crippen LogP contribution in [0.15, 0.2) is 85.1 Å². The zero-order valence-electron chi connectivity index (χ0n) is 29.7. The van der Waals surface area contributed by atoms with Crippen molar-refractivity contribution in [2.24, 2.45) is 23.5 Å². The highest BCUT2D eigenvalue weighted by molar-refractivity contribution is 6.01. The molecule has 1 aromatic heterocycles. The molecule has 49 heavy (non-hydrogen) atoms. The average Bonchev–Trinajstić information content (AvgIpc) is 4.10. The molecule has 0 bridgehead atoms. The average molecular weight is 661 g/mol. The summed E-state index contributed by atoms with van der Waals surface area (Å²) < 4.78 is 0. The van der Waals surface area contributed by atoms with Gasteiger partial charge in [-0.15, -0.1) is 0 Å². The lowest BCUT2D eigenvalue weighted by molar-refractivity contribution is 0.0910. The summed E-state index contributed by atoms with van der Waals surface area (Å²) in [6.07, 6.45) is 12.2. The SMILES string of the molecule is CCCC(CNCC1CC1)C(=O)c1ccc(-c2ccccn2)cc1.CCCCN(CCC(=O)c1cc(CN)c2ccccc2c1)CC1CC1. The summed E-state index contributed by atoms with van der Waals surface area (Å²) in [4.78, 5) is 32.4. The van der Waals surface area contributed by atoms with E-state index < -0.39 is 0 Å². The number of fused-ring (bicyclic) bond motifs is 1. The Morgan fingerprint density at radius 3 is 2.31 bits per heavy atom. The third-order valence-corrected chi connectivity index (χ3v) is 9.84. The van der Waals surface area contributed by atoms with Crippen molar-refractivity contribution >= 4 is 22.3 Å². The van der Waals surface area contributed by atoms with Gasteiger partial charge in [0.25, 0.3) is 0 Å². The molecular formula is C43H56N4O2. The summed E-state index contributed by atoms with van der Waals surface area (Å²) in [6, 6.07) is 25.9. The molecule has 3 aromatic carbocycles. The molecule has 0 radical (unpaired) electrons. The number of Topliss-reactive ketones (excluding diaryl/α,β-unsaturated/α-hetero) is 2. The summed E-state index contributed by atoms with van der Waals surface area (Å²) in [5.74, 6) is 2.29. The fourth-order valence-electron chi connectivity index (χ4n) is 6.50. The first-order chi connectivity index (χ1) is 24.0. The van der Waals surface area contributed by atoms with Gasteiger partial charge in [-0.1, -0.05) is 81.3 Å². The number of nitrogens with zero attached hydrogens (tertiary/aromatic N) is 2. The van der Waals surface area contributed by atoms with Crippen molar-refractivity contribution in [2.75, 3.05) is 32.7 Å². The first-order valence-electron chi connectivity index (χ1n) is 18.7. The third-order valence-electron chi connectivity index (χ3n) is 9.84. The predicted octanol–water partition coefficient (Wildman–Crippen LogP) is 8.73. The number of benzene rings is 3. The van der Waals surface area contributed by atoms with E-state index in [1.807, 2.05) is 66.7 Å². The number of aromatic nitrogens is 1. The summed E-state index contributed by atoms with van der Waals surface area (Å²) in [5, 5.41) is 5.75. The van der Waals surface area contributed by atoms with E-state index in [1.165, 1.54) is 45.1 Å². The molecule has 0 saturated heterocycles. The van der Waals surface area contributed by atoms with Crippen LogP contribution in [0.3, 0.4) is 0 Å². The van der Waals surface area contributed by atoms with Crippen LogP contribution in [0.2, 0.25) is 0 Å². The molecule has 2 saturated carbocycles. The van der Waals surface area contributed by atoms with Crippen LogP contribution in [0, 0.1) is 17.8 Å². The van der Waals surface area contributed by atoms with E-state index in [2.05, 4.69) is 41.2 Å². The van der Waals surface area contributed by atoms with Crippen LogP contribution >= 0.6 is 0 Å².